The van der Waals surface area contributed by atoms with Gasteiger partial charge in [-0.2, -0.15) is 0 Å². The highest BCUT2D eigenvalue weighted by atomic mass is 35.5. The minimum absolute atomic E-state index is 0.0818. The summed E-state index contributed by atoms with van der Waals surface area (Å²) >= 11 is 6.27. The number of hydrogen-bond donors (Lipinski definition) is 0. The Hall–Kier alpha value is -3.56. The molecule has 3 heterocycles. The Morgan fingerprint density at radius 1 is 1.03 bits per heavy atom. The van der Waals surface area contributed by atoms with Crippen molar-refractivity contribution in [1.82, 2.24) is 20.0 Å². The lowest BCUT2D eigenvalue weighted by Gasteiger charge is -2.36. The predicted molar refractivity (Wildman–Crippen MR) is 143 cm³/mol. The van der Waals surface area contributed by atoms with E-state index in [-0.39, 0.29) is 30.0 Å². The van der Waals surface area contributed by atoms with Gasteiger partial charge in [0.25, 0.3) is 5.91 Å². The third-order valence-corrected chi connectivity index (χ3v) is 7.22. The van der Waals surface area contributed by atoms with Gasteiger partial charge in [0.15, 0.2) is 5.82 Å². The SMILES string of the molecule is O=C(CN(C[C@H]1CCCO1)C(=O)c1cccc(F)c1)N1CCN(c2ccc(-c3ccccc3Cl)nn2)CC1. The normalized spacial score (nSPS) is 17.5. The number of anilines is 1. The van der Waals surface area contributed by atoms with Crippen LogP contribution in [0.5, 0.6) is 0 Å². The molecule has 0 radical (unpaired) electrons. The van der Waals surface area contributed by atoms with Gasteiger partial charge in [-0.3, -0.25) is 9.59 Å². The van der Waals surface area contributed by atoms with Crippen LogP contribution in [-0.2, 0) is 9.53 Å². The van der Waals surface area contributed by atoms with Crippen LogP contribution in [-0.4, -0.2) is 83.8 Å². The van der Waals surface area contributed by atoms with Gasteiger partial charge in [0.05, 0.1) is 16.8 Å². The second-order valence-electron chi connectivity index (χ2n) is 9.46. The largest absolute Gasteiger partial charge is 0.376 e. The van der Waals surface area contributed by atoms with Gasteiger partial charge in [-0.15, -0.1) is 10.2 Å². The topological polar surface area (TPSA) is 78.9 Å². The molecule has 198 valence electrons. The Labute approximate surface area is 226 Å². The summed E-state index contributed by atoms with van der Waals surface area (Å²) in [5.41, 5.74) is 1.74. The molecule has 2 aliphatic heterocycles. The molecule has 1 atom stereocenters. The number of carbonyl (C=O) groups is 2. The van der Waals surface area contributed by atoms with Crippen LogP contribution in [0.1, 0.15) is 23.2 Å². The molecule has 38 heavy (non-hydrogen) atoms. The molecule has 2 saturated heterocycles. The maximum atomic E-state index is 13.8. The highest BCUT2D eigenvalue weighted by molar-refractivity contribution is 6.33. The van der Waals surface area contributed by atoms with Gasteiger partial charge >= 0.3 is 0 Å². The molecule has 0 aliphatic carbocycles. The lowest BCUT2D eigenvalue weighted by molar-refractivity contribution is -0.132. The Morgan fingerprint density at radius 3 is 2.53 bits per heavy atom. The van der Waals surface area contributed by atoms with Crippen LogP contribution in [0.2, 0.25) is 5.02 Å². The Balaban J connectivity index is 1.20. The first kappa shape index (κ1) is 26.1. The molecule has 2 aromatic carbocycles. The lowest BCUT2D eigenvalue weighted by atomic mass is 10.1. The van der Waals surface area contributed by atoms with Gasteiger partial charge in [-0.25, -0.2) is 4.39 Å². The highest BCUT2D eigenvalue weighted by Crippen LogP contribution is 2.26. The second kappa shape index (κ2) is 11.9. The Bertz CT molecular complexity index is 1280. The second-order valence-corrected chi connectivity index (χ2v) is 9.86. The van der Waals surface area contributed by atoms with Gasteiger partial charge in [-0.05, 0) is 49.2 Å². The van der Waals surface area contributed by atoms with Crippen LogP contribution in [0.3, 0.4) is 0 Å². The minimum atomic E-state index is -0.488. The number of piperazine rings is 1. The monoisotopic (exact) mass is 537 g/mol. The Kier molecular flexibility index (Phi) is 8.14. The summed E-state index contributed by atoms with van der Waals surface area (Å²) in [4.78, 5) is 31.7. The van der Waals surface area contributed by atoms with E-state index in [4.69, 9.17) is 16.3 Å². The lowest BCUT2D eigenvalue weighted by Crippen LogP contribution is -2.52. The number of aromatic nitrogens is 2. The number of rotatable bonds is 7. The van der Waals surface area contributed by atoms with Crippen LogP contribution in [0, 0.1) is 5.82 Å². The average Bonchev–Trinajstić information content (AvgIpc) is 3.46. The molecule has 1 aromatic heterocycles. The third kappa shape index (κ3) is 6.11. The number of ether oxygens (including phenoxy) is 1. The zero-order valence-electron chi connectivity index (χ0n) is 20.9. The third-order valence-electron chi connectivity index (χ3n) is 6.89. The van der Waals surface area contributed by atoms with Crippen molar-refractivity contribution in [2.75, 3.05) is 50.8 Å². The maximum absolute atomic E-state index is 13.8. The molecule has 2 aliphatic rings. The van der Waals surface area contributed by atoms with Gasteiger partial charge < -0.3 is 19.4 Å². The first-order chi connectivity index (χ1) is 18.5. The molecule has 3 aromatic rings. The standard InChI is InChI=1S/C28H29ClFN5O3/c29-24-9-2-1-8-23(24)25-10-11-26(32-31-25)33-12-14-34(15-13-33)27(36)19-35(18-22-7-4-16-38-22)28(37)20-5-3-6-21(30)17-20/h1-3,5-6,8-11,17,22H,4,7,12-16,18-19H2/t22-/m1/s1. The van der Waals surface area contributed by atoms with E-state index in [1.807, 2.05) is 36.4 Å². The average molecular weight is 538 g/mol. The van der Waals surface area contributed by atoms with E-state index in [9.17, 15) is 14.0 Å². The summed E-state index contributed by atoms with van der Waals surface area (Å²) < 4.78 is 19.5. The van der Waals surface area contributed by atoms with Crippen molar-refractivity contribution in [2.45, 2.75) is 18.9 Å². The van der Waals surface area contributed by atoms with Crippen LogP contribution in [0.4, 0.5) is 10.2 Å². The molecule has 5 rings (SSSR count). The van der Waals surface area contributed by atoms with E-state index in [1.165, 1.54) is 23.1 Å². The minimum Gasteiger partial charge on any atom is -0.376 e. The summed E-state index contributed by atoms with van der Waals surface area (Å²) in [6, 6.07) is 16.8. The first-order valence-electron chi connectivity index (χ1n) is 12.8. The van der Waals surface area contributed by atoms with Gasteiger partial charge in [0.2, 0.25) is 5.91 Å². The number of amides is 2. The molecule has 0 N–H and O–H groups in total. The smallest absolute Gasteiger partial charge is 0.254 e. The van der Waals surface area contributed by atoms with Crippen molar-refractivity contribution >= 4 is 29.2 Å². The molecule has 0 bridgehead atoms. The Morgan fingerprint density at radius 2 is 1.84 bits per heavy atom. The maximum Gasteiger partial charge on any atom is 0.254 e. The fraction of sp³-hybridized carbons (Fsp3) is 0.357. The summed E-state index contributed by atoms with van der Waals surface area (Å²) in [7, 11) is 0. The van der Waals surface area contributed by atoms with E-state index in [0.29, 0.717) is 50.0 Å². The fourth-order valence-electron chi connectivity index (χ4n) is 4.81. The molecule has 0 unspecified atom stereocenters. The fourth-order valence-corrected chi connectivity index (χ4v) is 5.04. The summed E-state index contributed by atoms with van der Waals surface area (Å²) in [5.74, 6) is -0.277. The van der Waals surface area contributed by atoms with Gasteiger partial charge in [0.1, 0.15) is 12.4 Å². The molecule has 8 nitrogen and oxygen atoms in total. The van der Waals surface area contributed by atoms with E-state index in [2.05, 4.69) is 15.1 Å². The quantitative estimate of drug-likeness (QED) is 0.455. The molecule has 0 saturated carbocycles. The molecule has 2 amide bonds. The van der Waals surface area contributed by atoms with E-state index >= 15 is 0 Å². The first-order valence-corrected chi connectivity index (χ1v) is 13.1. The number of halogens is 2. The molecular formula is C28H29ClFN5O3. The van der Waals surface area contributed by atoms with Crippen molar-refractivity contribution in [3.8, 4) is 11.3 Å². The van der Waals surface area contributed by atoms with Gasteiger partial charge in [0, 0.05) is 50.5 Å². The highest BCUT2D eigenvalue weighted by Gasteiger charge is 2.29. The van der Waals surface area contributed by atoms with Crippen LogP contribution >= 0.6 is 11.6 Å². The number of benzene rings is 2. The predicted octanol–water partition coefficient (Wildman–Crippen LogP) is 3.91. The number of hydrogen-bond acceptors (Lipinski definition) is 6. The van der Waals surface area contributed by atoms with E-state index < -0.39 is 5.82 Å². The molecule has 10 heteroatoms. The van der Waals surface area contributed by atoms with Crippen LogP contribution in [0.25, 0.3) is 11.3 Å². The number of carbonyl (C=O) groups excluding carboxylic acids is 2. The van der Waals surface area contributed by atoms with Crippen molar-refractivity contribution in [3.63, 3.8) is 0 Å². The zero-order valence-corrected chi connectivity index (χ0v) is 21.7. The summed E-state index contributed by atoms with van der Waals surface area (Å²) in [5, 5.41) is 9.33. The zero-order chi connectivity index (χ0) is 26.5. The van der Waals surface area contributed by atoms with E-state index in [1.54, 1.807) is 11.0 Å². The van der Waals surface area contributed by atoms with E-state index in [0.717, 1.165) is 24.2 Å². The van der Waals surface area contributed by atoms with Crippen molar-refractivity contribution in [2.24, 2.45) is 0 Å². The van der Waals surface area contributed by atoms with Crippen molar-refractivity contribution < 1.29 is 18.7 Å². The van der Waals surface area contributed by atoms with Crippen LogP contribution in [0.15, 0.2) is 60.7 Å². The van der Waals surface area contributed by atoms with Crippen molar-refractivity contribution in [1.29, 1.82) is 0 Å². The molecular weight excluding hydrogens is 509 g/mol. The summed E-state index contributed by atoms with van der Waals surface area (Å²) in [6.07, 6.45) is 1.63. The molecule has 0 spiro atoms. The van der Waals surface area contributed by atoms with Crippen LogP contribution < -0.4 is 4.90 Å². The summed E-state index contributed by atoms with van der Waals surface area (Å²) in [6.45, 7) is 3.04. The molecule has 2 fully saturated rings. The van der Waals surface area contributed by atoms with Crippen molar-refractivity contribution in [3.05, 3.63) is 77.1 Å². The van der Waals surface area contributed by atoms with Gasteiger partial charge in [-0.1, -0.05) is 35.9 Å². The number of nitrogens with zero attached hydrogens (tertiary/aromatic N) is 5.